The Kier molecular flexibility index (Phi) is 4.70. The maximum Gasteiger partial charge on any atom is 0.253 e. The third-order valence-electron chi connectivity index (χ3n) is 5.96. The molecule has 1 aromatic heterocycles. The van der Waals surface area contributed by atoms with E-state index in [4.69, 9.17) is 0 Å². The molecule has 2 amide bonds. The zero-order chi connectivity index (χ0) is 18.1. The first kappa shape index (κ1) is 17.1. The monoisotopic (exact) mass is 353 g/mol. The van der Waals surface area contributed by atoms with Crippen molar-refractivity contribution in [2.75, 3.05) is 26.2 Å². The molecule has 1 aromatic carbocycles. The molecule has 0 bridgehead atoms. The number of hydrogen-bond donors (Lipinski definition) is 1. The topological polar surface area (TPSA) is 56.4 Å². The number of nitrogens with zero attached hydrogens (tertiary/aromatic N) is 2. The van der Waals surface area contributed by atoms with E-state index in [1.165, 1.54) is 0 Å². The van der Waals surface area contributed by atoms with Crippen LogP contribution in [0, 0.1) is 11.8 Å². The van der Waals surface area contributed by atoms with Crippen molar-refractivity contribution in [1.29, 1.82) is 0 Å². The van der Waals surface area contributed by atoms with E-state index >= 15 is 0 Å². The van der Waals surface area contributed by atoms with Gasteiger partial charge in [-0.1, -0.05) is 13.0 Å². The first-order chi connectivity index (χ1) is 12.6. The lowest BCUT2D eigenvalue weighted by molar-refractivity contribution is -0.138. The van der Waals surface area contributed by atoms with Gasteiger partial charge in [0.25, 0.3) is 5.91 Å². The number of fused-ring (bicyclic) bond motifs is 1. The van der Waals surface area contributed by atoms with Crippen molar-refractivity contribution in [2.45, 2.75) is 32.6 Å². The van der Waals surface area contributed by atoms with E-state index in [1.807, 2.05) is 40.3 Å². The Morgan fingerprint density at radius 1 is 1.04 bits per heavy atom. The zero-order valence-electron chi connectivity index (χ0n) is 15.4. The molecule has 3 heterocycles. The third kappa shape index (κ3) is 3.35. The van der Waals surface area contributed by atoms with E-state index in [9.17, 15) is 9.59 Å². The first-order valence-electron chi connectivity index (χ1n) is 9.77. The van der Waals surface area contributed by atoms with Gasteiger partial charge in [-0.3, -0.25) is 9.59 Å². The van der Waals surface area contributed by atoms with Gasteiger partial charge in [0.2, 0.25) is 5.91 Å². The van der Waals surface area contributed by atoms with Gasteiger partial charge in [-0.25, -0.2) is 0 Å². The van der Waals surface area contributed by atoms with E-state index in [0.717, 1.165) is 56.2 Å². The number of carbonyl (C=O) groups is 2. The lowest BCUT2D eigenvalue weighted by Gasteiger charge is -2.37. The fraction of sp³-hybridized carbons (Fsp3) is 0.524. The van der Waals surface area contributed by atoms with Crippen LogP contribution in [0.5, 0.6) is 0 Å². The van der Waals surface area contributed by atoms with Crippen LogP contribution in [0.15, 0.2) is 30.5 Å². The van der Waals surface area contributed by atoms with Gasteiger partial charge >= 0.3 is 0 Å². The second-order valence-corrected chi connectivity index (χ2v) is 7.88. The summed E-state index contributed by atoms with van der Waals surface area (Å²) in [7, 11) is 0. The third-order valence-corrected chi connectivity index (χ3v) is 5.96. The van der Waals surface area contributed by atoms with E-state index in [1.54, 1.807) is 0 Å². The molecule has 4 rings (SSSR count). The van der Waals surface area contributed by atoms with Crippen LogP contribution in [0.3, 0.4) is 0 Å². The number of hydrogen-bond acceptors (Lipinski definition) is 2. The molecule has 0 aliphatic carbocycles. The number of benzene rings is 1. The summed E-state index contributed by atoms with van der Waals surface area (Å²) in [6, 6.07) is 7.77. The van der Waals surface area contributed by atoms with Crippen molar-refractivity contribution in [3.8, 4) is 0 Å². The molecule has 26 heavy (non-hydrogen) atoms. The lowest BCUT2D eigenvalue weighted by atomic mass is 9.93. The fourth-order valence-electron chi connectivity index (χ4n) is 4.21. The molecule has 1 N–H and O–H groups in total. The number of piperidine rings is 2. The Hall–Kier alpha value is -2.30. The normalized spacial score (nSPS) is 22.0. The molecule has 0 radical (unpaired) electrons. The standard InChI is InChI=1S/C21H27N3O2/c1-15-7-11-23(12-8-15)21(26)18-3-2-10-24(14-18)20(25)17-5-4-16-6-9-22-19(16)13-17/h4-6,9,13,15,18,22H,2-3,7-8,10-12,14H2,1H3/t18-/m0/s1. The number of carbonyl (C=O) groups excluding carboxylic acids is 2. The maximum atomic E-state index is 12.9. The predicted octanol–water partition coefficient (Wildman–Crippen LogP) is 3.28. The van der Waals surface area contributed by atoms with Gasteiger partial charge in [-0.05, 0) is 55.2 Å². The number of rotatable bonds is 2. The minimum absolute atomic E-state index is 0.0336. The largest absolute Gasteiger partial charge is 0.361 e. The second-order valence-electron chi connectivity index (χ2n) is 7.88. The molecule has 2 aromatic rings. The van der Waals surface area contributed by atoms with Crippen LogP contribution in [0.2, 0.25) is 0 Å². The van der Waals surface area contributed by atoms with E-state index in [2.05, 4.69) is 11.9 Å². The highest BCUT2D eigenvalue weighted by Crippen LogP contribution is 2.24. The predicted molar refractivity (Wildman–Crippen MR) is 102 cm³/mol. The highest BCUT2D eigenvalue weighted by molar-refractivity contribution is 5.98. The van der Waals surface area contributed by atoms with Crippen molar-refractivity contribution in [1.82, 2.24) is 14.8 Å². The van der Waals surface area contributed by atoms with E-state index < -0.39 is 0 Å². The Balaban J connectivity index is 1.44. The average molecular weight is 353 g/mol. The summed E-state index contributed by atoms with van der Waals surface area (Å²) in [4.78, 5) is 32.9. The molecule has 2 saturated heterocycles. The van der Waals surface area contributed by atoms with Crippen molar-refractivity contribution >= 4 is 22.7 Å². The number of H-pyrrole nitrogens is 1. The summed E-state index contributed by atoms with van der Waals surface area (Å²) in [5, 5.41) is 1.10. The molecule has 5 heteroatoms. The highest BCUT2D eigenvalue weighted by atomic mass is 16.2. The van der Waals surface area contributed by atoms with Gasteiger partial charge in [-0.15, -0.1) is 0 Å². The summed E-state index contributed by atoms with van der Waals surface area (Å²) < 4.78 is 0. The molecular formula is C21H27N3O2. The maximum absolute atomic E-state index is 12.9. The van der Waals surface area contributed by atoms with Crippen molar-refractivity contribution in [3.63, 3.8) is 0 Å². The van der Waals surface area contributed by atoms with Crippen LogP contribution >= 0.6 is 0 Å². The highest BCUT2D eigenvalue weighted by Gasteiger charge is 2.32. The SMILES string of the molecule is CC1CCN(C(=O)[C@H]2CCCN(C(=O)c3ccc4cc[nH]c4c3)C2)CC1. The quantitative estimate of drug-likeness (QED) is 0.901. The Morgan fingerprint density at radius 2 is 1.85 bits per heavy atom. The Bertz CT molecular complexity index is 804. The number of nitrogens with one attached hydrogen (secondary N) is 1. The molecule has 2 fully saturated rings. The van der Waals surface area contributed by atoms with Gasteiger partial charge in [0.05, 0.1) is 5.92 Å². The molecule has 1 atom stereocenters. The minimum Gasteiger partial charge on any atom is -0.361 e. The number of likely N-dealkylation sites (tertiary alicyclic amines) is 2. The van der Waals surface area contributed by atoms with Crippen molar-refractivity contribution in [3.05, 3.63) is 36.0 Å². The summed E-state index contributed by atoms with van der Waals surface area (Å²) in [5.41, 5.74) is 1.67. The molecule has 2 aliphatic heterocycles. The molecular weight excluding hydrogens is 326 g/mol. The molecule has 0 spiro atoms. The number of amides is 2. The fourth-order valence-corrected chi connectivity index (χ4v) is 4.21. The van der Waals surface area contributed by atoms with E-state index in [-0.39, 0.29) is 17.7 Å². The van der Waals surface area contributed by atoms with Gasteiger partial charge < -0.3 is 14.8 Å². The number of aromatic amines is 1. The van der Waals surface area contributed by atoms with Crippen LogP contribution in [-0.2, 0) is 4.79 Å². The average Bonchev–Trinajstić information content (AvgIpc) is 3.15. The Morgan fingerprint density at radius 3 is 2.65 bits per heavy atom. The first-order valence-corrected chi connectivity index (χ1v) is 9.77. The van der Waals surface area contributed by atoms with Crippen molar-refractivity contribution in [2.24, 2.45) is 11.8 Å². The molecule has 0 saturated carbocycles. The molecule has 5 nitrogen and oxygen atoms in total. The Labute approximate surface area is 154 Å². The summed E-state index contributed by atoms with van der Waals surface area (Å²) in [6.07, 6.45) is 5.87. The van der Waals surface area contributed by atoms with Gasteiger partial charge in [0, 0.05) is 43.5 Å². The minimum atomic E-state index is -0.0460. The number of aromatic nitrogens is 1. The summed E-state index contributed by atoms with van der Waals surface area (Å²) >= 11 is 0. The molecule has 2 aliphatic rings. The molecule has 0 unspecified atom stereocenters. The zero-order valence-corrected chi connectivity index (χ0v) is 15.4. The summed E-state index contributed by atoms with van der Waals surface area (Å²) in [6.45, 7) is 5.28. The second kappa shape index (κ2) is 7.14. The van der Waals surface area contributed by atoms with Crippen LogP contribution < -0.4 is 0 Å². The van der Waals surface area contributed by atoms with Gasteiger partial charge in [0.15, 0.2) is 0 Å². The van der Waals surface area contributed by atoms with Crippen LogP contribution in [0.1, 0.15) is 43.0 Å². The van der Waals surface area contributed by atoms with Crippen LogP contribution in [0.4, 0.5) is 0 Å². The molecule has 138 valence electrons. The summed E-state index contributed by atoms with van der Waals surface area (Å²) in [5.74, 6) is 0.946. The van der Waals surface area contributed by atoms with Crippen LogP contribution in [0.25, 0.3) is 10.9 Å². The van der Waals surface area contributed by atoms with E-state index in [0.29, 0.717) is 18.0 Å². The smallest absolute Gasteiger partial charge is 0.253 e. The van der Waals surface area contributed by atoms with Gasteiger partial charge in [-0.2, -0.15) is 0 Å². The van der Waals surface area contributed by atoms with Crippen LogP contribution in [-0.4, -0.2) is 52.8 Å². The van der Waals surface area contributed by atoms with Gasteiger partial charge in [0.1, 0.15) is 0 Å². The van der Waals surface area contributed by atoms with Crippen molar-refractivity contribution < 1.29 is 9.59 Å². The lowest BCUT2D eigenvalue weighted by Crippen LogP contribution is -2.48.